The summed E-state index contributed by atoms with van der Waals surface area (Å²) in [6, 6.07) is 0. The molecule has 282 valence electrons. The highest BCUT2D eigenvalue weighted by molar-refractivity contribution is 5.72. The molecule has 0 bridgehead atoms. The van der Waals surface area contributed by atoms with E-state index in [1.807, 2.05) is 6.08 Å². The molecule has 0 aliphatic heterocycles. The topological polar surface area (TPSA) is 78.9 Å². The predicted octanol–water partition coefficient (Wildman–Crippen LogP) is 12.4. The fraction of sp³-hybridized carbons (Fsp3) is 0.744. The Balaban J connectivity index is 4.46. The lowest BCUT2D eigenvalue weighted by Gasteiger charge is -2.18. The second kappa shape index (κ2) is 38.2. The van der Waals surface area contributed by atoms with Gasteiger partial charge in [0.15, 0.2) is 6.10 Å². The smallest absolute Gasteiger partial charge is 0.309 e. The molecule has 0 radical (unpaired) electrons. The van der Waals surface area contributed by atoms with Crippen LogP contribution in [-0.4, -0.2) is 37.2 Å². The number of carbonyl (C=O) groups excluding carboxylic acids is 3. The van der Waals surface area contributed by atoms with Gasteiger partial charge in [-0.15, -0.1) is 0 Å². The molecule has 0 fully saturated rings. The minimum absolute atomic E-state index is 0.104. The predicted molar refractivity (Wildman–Crippen MR) is 205 cm³/mol. The Kier molecular flexibility index (Phi) is 36.1. The number of unbranched alkanes of at least 4 members (excludes halogenated alkanes) is 17. The van der Waals surface area contributed by atoms with Crippen molar-refractivity contribution < 1.29 is 28.6 Å². The average molecular weight is 687 g/mol. The highest BCUT2D eigenvalue weighted by Crippen LogP contribution is 2.13. The van der Waals surface area contributed by atoms with Gasteiger partial charge < -0.3 is 14.2 Å². The van der Waals surface area contributed by atoms with Crippen molar-refractivity contribution in [3.63, 3.8) is 0 Å². The summed E-state index contributed by atoms with van der Waals surface area (Å²) in [5, 5.41) is 0. The van der Waals surface area contributed by atoms with Gasteiger partial charge >= 0.3 is 17.9 Å². The molecule has 0 rings (SSSR count). The number of ether oxygens (including phenoxy) is 3. The third kappa shape index (κ3) is 36.5. The fourth-order valence-corrected chi connectivity index (χ4v) is 5.31. The van der Waals surface area contributed by atoms with Gasteiger partial charge in [-0.2, -0.15) is 0 Å². The molecule has 0 aliphatic carbocycles. The van der Waals surface area contributed by atoms with Gasteiger partial charge in [-0.1, -0.05) is 166 Å². The average Bonchev–Trinajstić information content (AvgIpc) is 3.10. The van der Waals surface area contributed by atoms with E-state index in [0.717, 1.165) is 77.0 Å². The van der Waals surface area contributed by atoms with Crippen LogP contribution >= 0.6 is 0 Å². The Hall–Kier alpha value is -2.63. The summed E-state index contributed by atoms with van der Waals surface area (Å²) >= 11 is 0. The normalized spacial score (nSPS) is 12.5. The zero-order valence-electron chi connectivity index (χ0n) is 31.9. The molecule has 0 saturated carbocycles. The Bertz CT molecular complexity index is 887. The molecule has 0 aromatic carbocycles. The van der Waals surface area contributed by atoms with Crippen LogP contribution in [0.3, 0.4) is 0 Å². The third-order valence-electron chi connectivity index (χ3n) is 8.35. The maximum atomic E-state index is 12.6. The first-order chi connectivity index (χ1) is 24.0. The van der Waals surface area contributed by atoms with Gasteiger partial charge in [0.2, 0.25) is 0 Å². The largest absolute Gasteiger partial charge is 0.462 e. The molecule has 0 spiro atoms. The number of carbonyl (C=O) groups is 3. The zero-order valence-corrected chi connectivity index (χ0v) is 31.9. The van der Waals surface area contributed by atoms with Crippen molar-refractivity contribution in [1.29, 1.82) is 0 Å². The summed E-state index contributed by atoms with van der Waals surface area (Å²) in [4.78, 5) is 37.4. The lowest BCUT2D eigenvalue weighted by atomic mass is 10.0. The summed E-state index contributed by atoms with van der Waals surface area (Å²) < 4.78 is 16.5. The SMILES string of the molecule is CC/C=C\C/C=C\C/C=C\CC(=O)OCC(COC(=O)CCCCCCCCCCCCCC)OC(=O)CCCCCC/C=C\CCCC. The molecule has 6 heteroatoms. The highest BCUT2D eigenvalue weighted by atomic mass is 16.6. The Labute approximate surface area is 301 Å². The molecular formula is C43H74O6. The van der Waals surface area contributed by atoms with Crippen LogP contribution < -0.4 is 0 Å². The van der Waals surface area contributed by atoms with Crippen molar-refractivity contribution >= 4 is 17.9 Å². The number of allylic oxidation sites excluding steroid dienone is 7. The first-order valence-corrected chi connectivity index (χ1v) is 20.1. The van der Waals surface area contributed by atoms with Crippen molar-refractivity contribution in [2.24, 2.45) is 0 Å². The van der Waals surface area contributed by atoms with Crippen molar-refractivity contribution in [3.8, 4) is 0 Å². The van der Waals surface area contributed by atoms with E-state index < -0.39 is 12.1 Å². The second-order valence-corrected chi connectivity index (χ2v) is 13.2. The first-order valence-electron chi connectivity index (χ1n) is 20.1. The van der Waals surface area contributed by atoms with Crippen LogP contribution in [0.4, 0.5) is 0 Å². The van der Waals surface area contributed by atoms with E-state index in [9.17, 15) is 14.4 Å². The fourth-order valence-electron chi connectivity index (χ4n) is 5.31. The van der Waals surface area contributed by atoms with E-state index in [2.05, 4.69) is 57.2 Å². The molecule has 0 aromatic heterocycles. The van der Waals surface area contributed by atoms with Gasteiger partial charge in [0, 0.05) is 12.8 Å². The maximum Gasteiger partial charge on any atom is 0.309 e. The standard InChI is InChI=1S/C43H74O6/c1-4-7-10-13-16-19-21-22-25-27-30-33-36-42(45)48-39-40(38-47-41(44)35-32-29-26-23-18-15-12-9-6-3)49-43(46)37-34-31-28-24-20-17-14-11-8-5-2/h9,12,14,17-18,23,29,32,40H,4-8,10-11,13,15-16,19-22,24-28,30-31,33-39H2,1-3H3/b12-9-,17-14-,23-18-,32-29-. The molecule has 0 amide bonds. The van der Waals surface area contributed by atoms with Gasteiger partial charge in [0.05, 0.1) is 6.42 Å². The summed E-state index contributed by atoms with van der Waals surface area (Å²) in [6.07, 6.45) is 42.7. The monoisotopic (exact) mass is 687 g/mol. The third-order valence-corrected chi connectivity index (χ3v) is 8.35. The molecule has 6 nitrogen and oxygen atoms in total. The molecule has 49 heavy (non-hydrogen) atoms. The van der Waals surface area contributed by atoms with Gasteiger partial charge in [0.1, 0.15) is 13.2 Å². The molecule has 0 saturated heterocycles. The van der Waals surface area contributed by atoms with Crippen LogP contribution in [0.1, 0.15) is 188 Å². The molecular weight excluding hydrogens is 612 g/mol. The Morgan fingerprint density at radius 3 is 1.47 bits per heavy atom. The molecule has 0 heterocycles. The second-order valence-electron chi connectivity index (χ2n) is 13.2. The molecule has 1 atom stereocenters. The van der Waals surface area contributed by atoms with Crippen LogP contribution in [0.15, 0.2) is 48.6 Å². The van der Waals surface area contributed by atoms with Gasteiger partial charge in [-0.25, -0.2) is 0 Å². The summed E-state index contributed by atoms with van der Waals surface area (Å²) in [5.74, 6) is -1.05. The molecule has 0 N–H and O–H groups in total. The number of hydrogen-bond acceptors (Lipinski definition) is 6. The summed E-state index contributed by atoms with van der Waals surface area (Å²) in [7, 11) is 0. The highest BCUT2D eigenvalue weighted by Gasteiger charge is 2.19. The number of esters is 3. The van der Waals surface area contributed by atoms with E-state index in [4.69, 9.17) is 14.2 Å². The molecule has 1 unspecified atom stereocenters. The van der Waals surface area contributed by atoms with Gasteiger partial charge in [-0.05, 0) is 51.4 Å². The van der Waals surface area contributed by atoms with Gasteiger partial charge in [0.25, 0.3) is 0 Å². The first kappa shape index (κ1) is 46.4. The molecule has 0 aliphatic rings. The lowest BCUT2D eigenvalue weighted by Crippen LogP contribution is -2.30. The van der Waals surface area contributed by atoms with Crippen LogP contribution in [-0.2, 0) is 28.6 Å². The van der Waals surface area contributed by atoms with E-state index >= 15 is 0 Å². The van der Waals surface area contributed by atoms with E-state index in [0.29, 0.717) is 12.8 Å². The summed E-state index contributed by atoms with van der Waals surface area (Å²) in [5.41, 5.74) is 0. The van der Waals surface area contributed by atoms with Crippen molar-refractivity contribution in [3.05, 3.63) is 48.6 Å². The minimum atomic E-state index is -0.807. The van der Waals surface area contributed by atoms with Crippen molar-refractivity contribution in [2.45, 2.75) is 194 Å². The minimum Gasteiger partial charge on any atom is -0.462 e. The van der Waals surface area contributed by atoms with E-state index in [1.165, 1.54) is 70.6 Å². The Morgan fingerprint density at radius 2 is 0.898 bits per heavy atom. The van der Waals surface area contributed by atoms with Gasteiger partial charge in [-0.3, -0.25) is 14.4 Å². The van der Waals surface area contributed by atoms with Crippen LogP contribution in [0, 0.1) is 0 Å². The van der Waals surface area contributed by atoms with E-state index in [-0.39, 0.29) is 31.6 Å². The van der Waals surface area contributed by atoms with Crippen LogP contribution in [0.5, 0.6) is 0 Å². The van der Waals surface area contributed by atoms with Crippen molar-refractivity contribution in [1.82, 2.24) is 0 Å². The zero-order chi connectivity index (χ0) is 35.9. The van der Waals surface area contributed by atoms with Crippen LogP contribution in [0.25, 0.3) is 0 Å². The quantitative estimate of drug-likeness (QED) is 0.0286. The molecule has 0 aromatic rings. The number of hydrogen-bond donors (Lipinski definition) is 0. The Morgan fingerprint density at radius 1 is 0.449 bits per heavy atom. The van der Waals surface area contributed by atoms with E-state index in [1.54, 1.807) is 6.08 Å². The summed E-state index contributed by atoms with van der Waals surface area (Å²) in [6.45, 7) is 6.34. The maximum absolute atomic E-state index is 12.6. The number of rotatable bonds is 35. The van der Waals surface area contributed by atoms with Crippen molar-refractivity contribution in [2.75, 3.05) is 13.2 Å². The lowest BCUT2D eigenvalue weighted by molar-refractivity contribution is -0.166. The van der Waals surface area contributed by atoms with Crippen LogP contribution in [0.2, 0.25) is 0 Å².